The van der Waals surface area contributed by atoms with E-state index in [2.05, 4.69) is 5.32 Å². The van der Waals surface area contributed by atoms with Crippen molar-refractivity contribution in [2.75, 3.05) is 17.9 Å². The van der Waals surface area contributed by atoms with Crippen LogP contribution in [0, 0.1) is 13.8 Å². The Morgan fingerprint density at radius 2 is 1.49 bits per heavy atom. The van der Waals surface area contributed by atoms with Crippen molar-refractivity contribution in [2.24, 2.45) is 0 Å². The monoisotopic (exact) mass is 637 g/mol. The summed E-state index contributed by atoms with van der Waals surface area (Å²) in [5, 5.41) is 2.60. The number of benzene rings is 4. The molecule has 0 bridgehead atoms. The second-order valence-corrected chi connectivity index (χ2v) is 12.5. The molecule has 0 aliphatic rings. The van der Waals surface area contributed by atoms with Gasteiger partial charge in [-0.1, -0.05) is 78.4 Å². The van der Waals surface area contributed by atoms with Crippen molar-refractivity contribution in [3.8, 4) is 0 Å². The number of sulfonamides is 1. The molecule has 0 saturated carbocycles. The molecule has 1 N–H and O–H groups in total. The number of hydrogen-bond donors (Lipinski definition) is 1. The third-order valence-corrected chi connectivity index (χ3v) is 9.26. The number of rotatable bonds is 11. The van der Waals surface area contributed by atoms with Gasteiger partial charge in [-0.15, -0.1) is 0 Å². The number of aryl methyl sites for hydroxylation is 2. The molecule has 4 rings (SSSR count). The fraction of sp³-hybridized carbons (Fsp3) is 0.235. The number of nitrogens with one attached hydrogen (secondary N) is 1. The number of carbonyl (C=O) groups is 2. The average Bonchev–Trinajstić information content (AvgIpc) is 3.02. The van der Waals surface area contributed by atoms with Gasteiger partial charge in [-0.05, 0) is 60.9 Å². The molecule has 0 radical (unpaired) electrons. The van der Waals surface area contributed by atoms with E-state index in [9.17, 15) is 31.2 Å². The van der Waals surface area contributed by atoms with Crippen LogP contribution in [0.3, 0.4) is 0 Å². The van der Waals surface area contributed by atoms with E-state index in [1.165, 1.54) is 30.1 Å². The zero-order chi connectivity index (χ0) is 32.8. The fourth-order valence-corrected chi connectivity index (χ4v) is 6.30. The van der Waals surface area contributed by atoms with Gasteiger partial charge in [0.25, 0.3) is 10.0 Å². The first-order chi connectivity index (χ1) is 21.3. The van der Waals surface area contributed by atoms with Gasteiger partial charge >= 0.3 is 6.18 Å². The number of anilines is 1. The molecule has 7 nitrogen and oxygen atoms in total. The lowest BCUT2D eigenvalue weighted by atomic mass is 10.0. The SMILES string of the molecule is CNC(=O)[C@@H](Cc1ccccc1)N(Cc1ccccc1C)C(=O)CN(c1cccc(C(F)(F)F)c1)S(=O)(=O)c1ccc(C)cc1. The van der Waals surface area contributed by atoms with Crippen LogP contribution in [0.25, 0.3) is 0 Å². The maximum atomic E-state index is 14.3. The van der Waals surface area contributed by atoms with Crippen LogP contribution in [0.1, 0.15) is 27.8 Å². The second kappa shape index (κ2) is 14.0. The van der Waals surface area contributed by atoms with Crippen molar-refractivity contribution >= 4 is 27.5 Å². The van der Waals surface area contributed by atoms with Gasteiger partial charge in [0.2, 0.25) is 11.8 Å². The van der Waals surface area contributed by atoms with Crippen molar-refractivity contribution in [2.45, 2.75) is 43.9 Å². The van der Waals surface area contributed by atoms with E-state index >= 15 is 0 Å². The standard InChI is InChI=1S/C34H34F3N3O4S/c1-24-16-18-30(19-17-24)45(43,44)40(29-15-9-14-28(21-29)34(35,36)37)23-32(41)39(22-27-13-8-7-10-25(27)2)31(33(42)38-3)20-26-11-5-4-6-12-26/h4-19,21,31H,20,22-23H2,1-3H3,(H,38,42)/t31-/m1/s1. The van der Waals surface area contributed by atoms with Crippen molar-refractivity contribution in [3.05, 3.63) is 131 Å². The maximum absolute atomic E-state index is 14.3. The molecule has 1 atom stereocenters. The number of halogens is 3. The highest BCUT2D eigenvalue weighted by Crippen LogP contribution is 2.33. The largest absolute Gasteiger partial charge is 0.416 e. The lowest BCUT2D eigenvalue weighted by Crippen LogP contribution is -2.53. The third-order valence-electron chi connectivity index (χ3n) is 7.47. The van der Waals surface area contributed by atoms with Crippen molar-refractivity contribution in [1.29, 1.82) is 0 Å². The topological polar surface area (TPSA) is 86.8 Å². The molecule has 11 heteroatoms. The van der Waals surface area contributed by atoms with E-state index < -0.39 is 46.2 Å². The second-order valence-electron chi connectivity index (χ2n) is 10.6. The minimum atomic E-state index is -4.75. The molecule has 0 heterocycles. The summed E-state index contributed by atoms with van der Waals surface area (Å²) in [6, 6.07) is 24.9. The Bertz CT molecular complexity index is 1740. The van der Waals surface area contributed by atoms with Crippen LogP contribution in [0.4, 0.5) is 18.9 Å². The Morgan fingerprint density at radius 1 is 0.844 bits per heavy atom. The molecule has 0 aliphatic carbocycles. The van der Waals surface area contributed by atoms with E-state index in [1.807, 2.05) is 37.3 Å². The van der Waals surface area contributed by atoms with Gasteiger partial charge < -0.3 is 10.2 Å². The Balaban J connectivity index is 1.84. The number of carbonyl (C=O) groups excluding carboxylic acids is 2. The van der Waals surface area contributed by atoms with E-state index in [4.69, 9.17) is 0 Å². The normalized spacial score (nSPS) is 12.3. The molecule has 2 amide bonds. The molecule has 4 aromatic carbocycles. The molecule has 0 saturated heterocycles. The van der Waals surface area contributed by atoms with Gasteiger partial charge in [-0.2, -0.15) is 13.2 Å². The number of hydrogen-bond acceptors (Lipinski definition) is 4. The summed E-state index contributed by atoms with van der Waals surface area (Å²) in [4.78, 5) is 28.8. The molecular formula is C34H34F3N3O4S. The summed E-state index contributed by atoms with van der Waals surface area (Å²) < 4.78 is 69.9. The maximum Gasteiger partial charge on any atom is 0.416 e. The van der Waals surface area contributed by atoms with Crippen LogP contribution in [0.2, 0.25) is 0 Å². The highest BCUT2D eigenvalue weighted by molar-refractivity contribution is 7.92. The van der Waals surface area contributed by atoms with Crippen LogP contribution in [0.5, 0.6) is 0 Å². The highest BCUT2D eigenvalue weighted by atomic mass is 32.2. The molecular weight excluding hydrogens is 603 g/mol. The van der Waals surface area contributed by atoms with E-state index in [-0.39, 0.29) is 23.5 Å². The minimum absolute atomic E-state index is 0.0442. The van der Waals surface area contributed by atoms with E-state index in [0.717, 1.165) is 34.4 Å². The number of nitrogens with zero attached hydrogens (tertiary/aromatic N) is 2. The molecule has 0 fully saturated rings. The summed E-state index contributed by atoms with van der Waals surface area (Å²) in [5.74, 6) is -1.25. The molecule has 0 aromatic heterocycles. The van der Waals surface area contributed by atoms with Gasteiger partial charge in [0.15, 0.2) is 0 Å². The molecule has 0 unspecified atom stereocenters. The first-order valence-corrected chi connectivity index (χ1v) is 15.6. The van der Waals surface area contributed by atoms with Crippen LogP contribution in [-0.2, 0) is 38.8 Å². The molecule has 0 spiro atoms. The lowest BCUT2D eigenvalue weighted by molar-refractivity contribution is -0.139. The quantitative estimate of drug-likeness (QED) is 0.222. The molecule has 4 aromatic rings. The number of likely N-dealkylation sites (N-methyl/N-ethyl adjacent to an activating group) is 1. The molecule has 236 valence electrons. The average molecular weight is 638 g/mol. The Kier molecular flexibility index (Phi) is 10.3. The predicted octanol–water partition coefficient (Wildman–Crippen LogP) is 5.90. The summed E-state index contributed by atoms with van der Waals surface area (Å²) >= 11 is 0. The zero-order valence-electron chi connectivity index (χ0n) is 25.1. The van der Waals surface area contributed by atoms with E-state index in [0.29, 0.717) is 10.4 Å². The van der Waals surface area contributed by atoms with Crippen LogP contribution in [-0.4, -0.2) is 44.8 Å². The van der Waals surface area contributed by atoms with E-state index in [1.54, 1.807) is 43.3 Å². The highest BCUT2D eigenvalue weighted by Gasteiger charge is 2.36. The van der Waals surface area contributed by atoms with Gasteiger partial charge in [0, 0.05) is 20.0 Å². The van der Waals surface area contributed by atoms with Gasteiger partial charge in [0.1, 0.15) is 12.6 Å². The van der Waals surface area contributed by atoms with Gasteiger partial charge in [0.05, 0.1) is 16.1 Å². The lowest BCUT2D eigenvalue weighted by Gasteiger charge is -2.34. The van der Waals surface area contributed by atoms with Crippen molar-refractivity contribution < 1.29 is 31.2 Å². The summed E-state index contributed by atoms with van der Waals surface area (Å²) in [6.07, 6.45) is -4.64. The number of amides is 2. The molecule has 0 aliphatic heterocycles. The Labute approximate surface area is 261 Å². The van der Waals surface area contributed by atoms with Crippen LogP contribution in [0.15, 0.2) is 108 Å². The predicted molar refractivity (Wildman–Crippen MR) is 167 cm³/mol. The zero-order valence-corrected chi connectivity index (χ0v) is 25.9. The Morgan fingerprint density at radius 3 is 2.11 bits per heavy atom. The fourth-order valence-electron chi connectivity index (χ4n) is 4.90. The third kappa shape index (κ3) is 8.10. The van der Waals surface area contributed by atoms with Gasteiger partial charge in [-0.25, -0.2) is 8.42 Å². The summed E-state index contributed by atoms with van der Waals surface area (Å²) in [5.41, 5.74) is 1.69. The Hall–Kier alpha value is -4.64. The van der Waals surface area contributed by atoms with Crippen LogP contribution >= 0.6 is 0 Å². The molecule has 45 heavy (non-hydrogen) atoms. The van der Waals surface area contributed by atoms with Crippen molar-refractivity contribution in [1.82, 2.24) is 10.2 Å². The number of alkyl halides is 3. The van der Waals surface area contributed by atoms with Gasteiger partial charge in [-0.3, -0.25) is 13.9 Å². The smallest absolute Gasteiger partial charge is 0.357 e. The van der Waals surface area contributed by atoms with Crippen molar-refractivity contribution in [3.63, 3.8) is 0 Å². The van der Waals surface area contributed by atoms with Crippen LogP contribution < -0.4 is 9.62 Å². The minimum Gasteiger partial charge on any atom is -0.357 e. The first-order valence-electron chi connectivity index (χ1n) is 14.2. The summed E-state index contributed by atoms with van der Waals surface area (Å²) in [6.45, 7) is 2.71. The first kappa shape index (κ1) is 33.3. The summed E-state index contributed by atoms with van der Waals surface area (Å²) in [7, 11) is -3.10.